The summed E-state index contributed by atoms with van der Waals surface area (Å²) >= 11 is 0. The number of rotatable bonds is 7. The van der Waals surface area contributed by atoms with Crippen LogP contribution < -0.4 is 10.6 Å². The van der Waals surface area contributed by atoms with Gasteiger partial charge < -0.3 is 15.4 Å². The molecule has 0 amide bonds. The lowest BCUT2D eigenvalue weighted by molar-refractivity contribution is 0.128. The van der Waals surface area contributed by atoms with E-state index in [2.05, 4.69) is 28.7 Å². The van der Waals surface area contributed by atoms with Crippen LogP contribution in [0.4, 0.5) is 11.6 Å². The molecule has 18 heavy (non-hydrogen) atoms. The molecule has 0 aliphatic rings. The summed E-state index contributed by atoms with van der Waals surface area (Å²) < 4.78 is 5.31. The lowest BCUT2D eigenvalue weighted by Gasteiger charge is -2.20. The van der Waals surface area contributed by atoms with Crippen molar-refractivity contribution in [2.45, 2.75) is 33.8 Å². The van der Waals surface area contributed by atoms with Gasteiger partial charge in [-0.25, -0.2) is 9.97 Å². The van der Waals surface area contributed by atoms with E-state index >= 15 is 0 Å². The molecule has 5 heteroatoms. The molecular formula is C13H24N4O. The molecule has 102 valence electrons. The van der Waals surface area contributed by atoms with Crippen LogP contribution in [0.25, 0.3) is 0 Å². The number of nitrogens with zero attached hydrogens (tertiary/aromatic N) is 3. The van der Waals surface area contributed by atoms with E-state index in [0.717, 1.165) is 18.8 Å². The van der Waals surface area contributed by atoms with Gasteiger partial charge in [-0.05, 0) is 19.3 Å². The van der Waals surface area contributed by atoms with Gasteiger partial charge in [0.25, 0.3) is 0 Å². The summed E-state index contributed by atoms with van der Waals surface area (Å²) in [6.07, 6.45) is 1.13. The van der Waals surface area contributed by atoms with Crippen LogP contribution >= 0.6 is 0 Å². The minimum atomic E-state index is 0.409. The largest absolute Gasteiger partial charge is 0.384 e. The zero-order valence-electron chi connectivity index (χ0n) is 11.8. The first kappa shape index (κ1) is 14.7. The van der Waals surface area contributed by atoms with Crippen molar-refractivity contribution in [3.05, 3.63) is 11.9 Å². The van der Waals surface area contributed by atoms with Gasteiger partial charge in [0.05, 0.1) is 0 Å². The summed E-state index contributed by atoms with van der Waals surface area (Å²) in [7, 11) is 2.02. The van der Waals surface area contributed by atoms with Gasteiger partial charge >= 0.3 is 0 Å². The molecule has 0 aliphatic heterocycles. The number of nitrogen functional groups attached to an aromatic ring is 1. The second-order valence-corrected chi connectivity index (χ2v) is 4.81. The van der Waals surface area contributed by atoms with Crippen molar-refractivity contribution in [3.63, 3.8) is 0 Å². The van der Waals surface area contributed by atoms with Crippen LogP contribution in [0.2, 0.25) is 0 Å². The minimum Gasteiger partial charge on any atom is -0.384 e. The summed E-state index contributed by atoms with van der Waals surface area (Å²) in [5, 5.41) is 0. The highest BCUT2D eigenvalue weighted by Gasteiger charge is 2.08. The first-order valence-electron chi connectivity index (χ1n) is 6.45. The maximum Gasteiger partial charge on any atom is 0.158 e. The number of aromatic nitrogens is 2. The van der Waals surface area contributed by atoms with Crippen LogP contribution in [-0.2, 0) is 11.3 Å². The fourth-order valence-electron chi connectivity index (χ4n) is 1.52. The van der Waals surface area contributed by atoms with Gasteiger partial charge in [-0.3, -0.25) is 0 Å². The first-order valence-corrected chi connectivity index (χ1v) is 6.45. The second kappa shape index (κ2) is 7.16. The predicted octanol–water partition coefficient (Wildman–Crippen LogP) is 2.08. The summed E-state index contributed by atoms with van der Waals surface area (Å²) in [6, 6.07) is 1.80. The highest BCUT2D eigenvalue weighted by Crippen LogP contribution is 2.14. The molecule has 0 radical (unpaired) electrons. The van der Waals surface area contributed by atoms with Gasteiger partial charge in [-0.2, -0.15) is 0 Å². The number of hydrogen-bond acceptors (Lipinski definition) is 5. The molecule has 0 bridgehead atoms. The Morgan fingerprint density at radius 2 is 2.11 bits per heavy atom. The first-order chi connectivity index (χ1) is 8.52. The van der Waals surface area contributed by atoms with Gasteiger partial charge in [0, 0.05) is 26.3 Å². The Labute approximate surface area is 109 Å². The van der Waals surface area contributed by atoms with Crippen LogP contribution in [0.3, 0.4) is 0 Å². The molecule has 0 aromatic carbocycles. The molecule has 2 N–H and O–H groups in total. The molecule has 0 saturated heterocycles. The fraction of sp³-hybridized carbons (Fsp3) is 0.692. The summed E-state index contributed by atoms with van der Waals surface area (Å²) in [6.45, 7) is 8.39. The van der Waals surface area contributed by atoms with Crippen LogP contribution in [-0.4, -0.2) is 30.2 Å². The zero-order chi connectivity index (χ0) is 13.5. The maximum absolute atomic E-state index is 5.79. The van der Waals surface area contributed by atoms with E-state index in [4.69, 9.17) is 10.5 Å². The summed E-state index contributed by atoms with van der Waals surface area (Å²) in [4.78, 5) is 10.7. The Morgan fingerprint density at radius 3 is 2.72 bits per heavy atom. The smallest absolute Gasteiger partial charge is 0.158 e. The van der Waals surface area contributed by atoms with Crippen LogP contribution in [0.1, 0.15) is 33.0 Å². The molecule has 1 aromatic heterocycles. The van der Waals surface area contributed by atoms with E-state index < -0.39 is 0 Å². The average Bonchev–Trinajstić information content (AvgIpc) is 2.32. The second-order valence-electron chi connectivity index (χ2n) is 4.81. The van der Waals surface area contributed by atoms with E-state index in [1.54, 1.807) is 6.07 Å². The molecule has 1 rings (SSSR count). The highest BCUT2D eigenvalue weighted by molar-refractivity contribution is 5.46. The molecule has 0 unspecified atom stereocenters. The number of anilines is 2. The average molecular weight is 252 g/mol. The molecule has 0 saturated carbocycles. The molecule has 1 aromatic rings. The SMILES string of the molecule is CCOCc1nc(N)cc(N(C)CCC(C)C)n1. The van der Waals surface area contributed by atoms with E-state index in [1.807, 2.05) is 14.0 Å². The minimum absolute atomic E-state index is 0.409. The van der Waals surface area contributed by atoms with Crippen molar-refractivity contribution in [2.24, 2.45) is 5.92 Å². The van der Waals surface area contributed by atoms with Gasteiger partial charge in [-0.15, -0.1) is 0 Å². The van der Waals surface area contributed by atoms with Gasteiger partial charge in [-0.1, -0.05) is 13.8 Å². The van der Waals surface area contributed by atoms with Crippen molar-refractivity contribution in [1.82, 2.24) is 9.97 Å². The normalized spacial score (nSPS) is 10.9. The van der Waals surface area contributed by atoms with E-state index in [9.17, 15) is 0 Å². The third-order valence-electron chi connectivity index (χ3n) is 2.65. The highest BCUT2D eigenvalue weighted by atomic mass is 16.5. The van der Waals surface area contributed by atoms with Crippen molar-refractivity contribution in [2.75, 3.05) is 30.8 Å². The van der Waals surface area contributed by atoms with E-state index in [1.165, 1.54) is 0 Å². The quantitative estimate of drug-likeness (QED) is 0.805. The van der Waals surface area contributed by atoms with Crippen molar-refractivity contribution < 1.29 is 4.74 Å². The Morgan fingerprint density at radius 1 is 1.39 bits per heavy atom. The van der Waals surface area contributed by atoms with Crippen LogP contribution in [0.5, 0.6) is 0 Å². The predicted molar refractivity (Wildman–Crippen MR) is 74.5 cm³/mol. The monoisotopic (exact) mass is 252 g/mol. The third-order valence-corrected chi connectivity index (χ3v) is 2.65. The number of hydrogen-bond donors (Lipinski definition) is 1. The third kappa shape index (κ3) is 4.87. The van der Waals surface area contributed by atoms with Gasteiger partial charge in [0.1, 0.15) is 18.2 Å². The molecule has 0 fully saturated rings. The van der Waals surface area contributed by atoms with Crippen molar-refractivity contribution >= 4 is 11.6 Å². The molecular weight excluding hydrogens is 228 g/mol. The lowest BCUT2D eigenvalue weighted by atomic mass is 10.1. The van der Waals surface area contributed by atoms with Crippen LogP contribution in [0, 0.1) is 5.92 Å². The number of nitrogens with two attached hydrogens (primary N) is 1. The lowest BCUT2D eigenvalue weighted by Crippen LogP contribution is -2.22. The van der Waals surface area contributed by atoms with Crippen LogP contribution in [0.15, 0.2) is 6.07 Å². The molecule has 0 spiro atoms. The Balaban J connectivity index is 2.71. The molecule has 0 aliphatic carbocycles. The fourth-order valence-corrected chi connectivity index (χ4v) is 1.52. The Bertz CT molecular complexity index is 368. The van der Waals surface area contributed by atoms with E-state index in [0.29, 0.717) is 30.8 Å². The van der Waals surface area contributed by atoms with E-state index in [-0.39, 0.29) is 0 Å². The molecule has 5 nitrogen and oxygen atoms in total. The topological polar surface area (TPSA) is 64.3 Å². The number of ether oxygens (including phenoxy) is 1. The van der Waals surface area contributed by atoms with Crippen molar-refractivity contribution in [3.8, 4) is 0 Å². The Kier molecular flexibility index (Phi) is 5.85. The summed E-state index contributed by atoms with van der Waals surface area (Å²) in [5.41, 5.74) is 5.79. The standard InChI is InChI=1S/C13H24N4O/c1-5-18-9-12-15-11(14)8-13(16-12)17(4)7-6-10(2)3/h8,10H,5-7,9H2,1-4H3,(H2,14,15,16). The maximum atomic E-state index is 5.79. The molecule has 0 atom stereocenters. The molecule has 1 heterocycles. The zero-order valence-corrected chi connectivity index (χ0v) is 11.8. The van der Waals surface area contributed by atoms with Gasteiger partial charge in [0.2, 0.25) is 0 Å². The Hall–Kier alpha value is -1.36. The van der Waals surface area contributed by atoms with Crippen molar-refractivity contribution in [1.29, 1.82) is 0 Å². The summed E-state index contributed by atoms with van der Waals surface area (Å²) in [5.74, 6) is 2.67. The van der Waals surface area contributed by atoms with Gasteiger partial charge in [0.15, 0.2) is 5.82 Å².